The van der Waals surface area contributed by atoms with E-state index in [2.05, 4.69) is 25.8 Å². The van der Waals surface area contributed by atoms with Crippen LogP contribution < -0.4 is 10.1 Å². The fraction of sp³-hybridized carbons (Fsp3) is 0.150. The summed E-state index contributed by atoms with van der Waals surface area (Å²) in [5, 5.41) is 18.3. The highest BCUT2D eigenvalue weighted by Gasteiger charge is 2.14. The third-order valence-electron chi connectivity index (χ3n) is 4.53. The second kappa shape index (κ2) is 7.47. The zero-order valence-electron chi connectivity index (χ0n) is 16.1. The number of amides is 1. The van der Waals surface area contributed by atoms with Gasteiger partial charge in [-0.2, -0.15) is 4.68 Å². The summed E-state index contributed by atoms with van der Waals surface area (Å²) in [5.41, 5.74) is 2.40. The van der Waals surface area contributed by atoms with Gasteiger partial charge in [-0.05, 0) is 53.9 Å². The predicted octanol–water partition coefficient (Wildman–Crippen LogP) is 4.12. The number of tetrazole rings is 1. The van der Waals surface area contributed by atoms with Crippen LogP contribution in [0.2, 0.25) is 0 Å². The number of anilines is 1. The van der Waals surface area contributed by atoms with Gasteiger partial charge in [0.1, 0.15) is 5.75 Å². The number of hydrogen-bond acceptors (Lipinski definition) is 8. The SMILES string of the molecule is Cc1nc2c(cc(OCC(=O)Nc3cccc(-n4nnnc4C)c3)c3ccsc32)s1. The Kier molecular flexibility index (Phi) is 4.64. The highest BCUT2D eigenvalue weighted by atomic mass is 32.1. The molecule has 0 radical (unpaired) electrons. The normalized spacial score (nSPS) is 11.3. The predicted molar refractivity (Wildman–Crippen MR) is 118 cm³/mol. The lowest BCUT2D eigenvalue weighted by molar-refractivity contribution is -0.118. The standard InChI is InChI=1S/C20H16N6O2S2/c1-11-23-24-25-26(11)14-5-3-4-13(8-14)22-18(27)10-28-16-9-17-19(21-12(2)30-17)20-15(16)6-7-29-20/h3-9H,10H2,1-2H3,(H,22,27). The van der Waals surface area contributed by atoms with E-state index in [1.807, 2.05) is 55.6 Å². The molecule has 0 atom stereocenters. The topological polar surface area (TPSA) is 94.8 Å². The van der Waals surface area contributed by atoms with E-state index in [0.717, 1.165) is 31.0 Å². The Balaban J connectivity index is 1.33. The number of aryl methyl sites for hydroxylation is 2. The van der Waals surface area contributed by atoms with Crippen molar-refractivity contribution in [1.29, 1.82) is 0 Å². The molecule has 2 aromatic carbocycles. The number of aromatic nitrogens is 5. The Morgan fingerprint density at radius 1 is 1.23 bits per heavy atom. The Morgan fingerprint density at radius 3 is 2.97 bits per heavy atom. The highest BCUT2D eigenvalue weighted by molar-refractivity contribution is 7.21. The van der Waals surface area contributed by atoms with E-state index in [1.165, 1.54) is 0 Å². The molecule has 0 bridgehead atoms. The summed E-state index contributed by atoms with van der Waals surface area (Å²) >= 11 is 3.25. The summed E-state index contributed by atoms with van der Waals surface area (Å²) in [4.78, 5) is 17.1. The van der Waals surface area contributed by atoms with Crippen molar-refractivity contribution in [2.24, 2.45) is 0 Å². The molecule has 8 nitrogen and oxygen atoms in total. The van der Waals surface area contributed by atoms with Crippen LogP contribution in [0.5, 0.6) is 5.75 Å². The fourth-order valence-electron chi connectivity index (χ4n) is 3.23. The van der Waals surface area contributed by atoms with Gasteiger partial charge in [-0.15, -0.1) is 27.8 Å². The van der Waals surface area contributed by atoms with E-state index in [-0.39, 0.29) is 12.5 Å². The highest BCUT2D eigenvalue weighted by Crippen LogP contribution is 2.38. The molecule has 5 aromatic rings. The lowest BCUT2D eigenvalue weighted by Gasteiger charge is -2.10. The van der Waals surface area contributed by atoms with E-state index in [0.29, 0.717) is 17.3 Å². The smallest absolute Gasteiger partial charge is 0.262 e. The Morgan fingerprint density at radius 2 is 2.13 bits per heavy atom. The van der Waals surface area contributed by atoms with Crippen LogP contribution in [0.25, 0.3) is 26.0 Å². The van der Waals surface area contributed by atoms with Gasteiger partial charge < -0.3 is 10.1 Å². The minimum absolute atomic E-state index is 0.0949. The molecule has 3 aromatic heterocycles. The second-order valence-corrected chi connectivity index (χ2v) is 8.79. The number of thiophene rings is 1. The number of nitrogens with zero attached hydrogens (tertiary/aromatic N) is 5. The first-order chi connectivity index (χ1) is 14.6. The van der Waals surface area contributed by atoms with Gasteiger partial charge in [0.2, 0.25) is 0 Å². The number of benzene rings is 2. The van der Waals surface area contributed by atoms with Crippen molar-refractivity contribution >= 4 is 54.6 Å². The van der Waals surface area contributed by atoms with Crippen LogP contribution in [0.1, 0.15) is 10.8 Å². The first kappa shape index (κ1) is 18.6. The average molecular weight is 437 g/mol. The van der Waals surface area contributed by atoms with Gasteiger partial charge in [-0.1, -0.05) is 6.07 Å². The molecule has 1 N–H and O–H groups in total. The molecule has 30 heavy (non-hydrogen) atoms. The van der Waals surface area contributed by atoms with Crippen LogP contribution in [0.15, 0.2) is 41.8 Å². The van der Waals surface area contributed by atoms with Crippen molar-refractivity contribution in [1.82, 2.24) is 25.2 Å². The minimum Gasteiger partial charge on any atom is -0.483 e. The maximum absolute atomic E-state index is 12.5. The van der Waals surface area contributed by atoms with Crippen molar-refractivity contribution < 1.29 is 9.53 Å². The van der Waals surface area contributed by atoms with Crippen molar-refractivity contribution in [2.45, 2.75) is 13.8 Å². The van der Waals surface area contributed by atoms with Crippen LogP contribution in [-0.2, 0) is 4.79 Å². The summed E-state index contributed by atoms with van der Waals surface area (Å²) in [6, 6.07) is 11.3. The lowest BCUT2D eigenvalue weighted by atomic mass is 10.2. The number of carbonyl (C=O) groups excluding carboxylic acids is 1. The van der Waals surface area contributed by atoms with Crippen LogP contribution in [0.3, 0.4) is 0 Å². The van der Waals surface area contributed by atoms with E-state index >= 15 is 0 Å². The molecule has 150 valence electrons. The Labute approximate surface area is 179 Å². The monoisotopic (exact) mass is 436 g/mol. The fourth-order valence-corrected chi connectivity index (χ4v) is 5.07. The molecule has 1 amide bonds. The Bertz CT molecular complexity index is 1390. The van der Waals surface area contributed by atoms with Crippen molar-refractivity contribution in [2.75, 3.05) is 11.9 Å². The zero-order chi connectivity index (χ0) is 20.7. The van der Waals surface area contributed by atoms with Gasteiger partial charge in [0.15, 0.2) is 12.4 Å². The first-order valence-electron chi connectivity index (χ1n) is 9.14. The molecule has 0 spiro atoms. The van der Waals surface area contributed by atoms with E-state index in [1.54, 1.807) is 27.4 Å². The molecule has 0 aliphatic heterocycles. The zero-order valence-corrected chi connectivity index (χ0v) is 17.8. The van der Waals surface area contributed by atoms with Gasteiger partial charge in [-0.3, -0.25) is 4.79 Å². The number of hydrogen-bond donors (Lipinski definition) is 1. The molecular formula is C20H16N6O2S2. The molecule has 0 aliphatic rings. The maximum Gasteiger partial charge on any atom is 0.262 e. The molecule has 0 fully saturated rings. The van der Waals surface area contributed by atoms with Crippen LogP contribution in [-0.4, -0.2) is 37.7 Å². The maximum atomic E-state index is 12.5. The van der Waals surface area contributed by atoms with Crippen LogP contribution in [0, 0.1) is 13.8 Å². The van der Waals surface area contributed by atoms with Crippen molar-refractivity contribution in [3.63, 3.8) is 0 Å². The van der Waals surface area contributed by atoms with Gasteiger partial charge >= 0.3 is 0 Å². The average Bonchev–Trinajstić information content (AvgIpc) is 3.45. The number of nitrogens with one attached hydrogen (secondary N) is 1. The van der Waals surface area contributed by atoms with E-state index in [9.17, 15) is 4.79 Å². The number of fused-ring (bicyclic) bond motifs is 3. The number of thiazole rings is 1. The molecule has 10 heteroatoms. The molecule has 0 aliphatic carbocycles. The van der Waals surface area contributed by atoms with Gasteiger partial charge in [-0.25, -0.2) is 4.98 Å². The number of rotatable bonds is 5. The van der Waals surface area contributed by atoms with Gasteiger partial charge in [0.05, 0.1) is 25.6 Å². The summed E-state index contributed by atoms with van der Waals surface area (Å²) in [6.07, 6.45) is 0. The molecule has 3 heterocycles. The van der Waals surface area contributed by atoms with Crippen molar-refractivity contribution in [3.05, 3.63) is 52.6 Å². The molecular weight excluding hydrogens is 420 g/mol. The third-order valence-corrected chi connectivity index (χ3v) is 6.37. The molecule has 0 saturated carbocycles. The molecule has 0 saturated heterocycles. The minimum atomic E-state index is -0.246. The number of ether oxygens (including phenoxy) is 1. The first-order valence-corrected chi connectivity index (χ1v) is 10.8. The van der Waals surface area contributed by atoms with Crippen LogP contribution >= 0.6 is 22.7 Å². The summed E-state index contributed by atoms with van der Waals surface area (Å²) in [7, 11) is 0. The summed E-state index contributed by atoms with van der Waals surface area (Å²) in [6.45, 7) is 3.71. The largest absolute Gasteiger partial charge is 0.483 e. The molecule has 5 rings (SSSR count). The quantitative estimate of drug-likeness (QED) is 0.445. The summed E-state index contributed by atoms with van der Waals surface area (Å²) < 4.78 is 9.63. The Hall–Kier alpha value is -3.37. The van der Waals surface area contributed by atoms with Crippen molar-refractivity contribution in [3.8, 4) is 11.4 Å². The molecule has 0 unspecified atom stereocenters. The summed E-state index contributed by atoms with van der Waals surface area (Å²) in [5.74, 6) is 1.11. The second-order valence-electron chi connectivity index (χ2n) is 6.64. The van der Waals surface area contributed by atoms with Crippen LogP contribution in [0.4, 0.5) is 5.69 Å². The lowest BCUT2D eigenvalue weighted by Crippen LogP contribution is -2.20. The van der Waals surface area contributed by atoms with E-state index < -0.39 is 0 Å². The number of carbonyl (C=O) groups is 1. The van der Waals surface area contributed by atoms with E-state index in [4.69, 9.17) is 4.74 Å². The van der Waals surface area contributed by atoms with Gasteiger partial charge in [0, 0.05) is 17.1 Å². The van der Waals surface area contributed by atoms with Gasteiger partial charge in [0.25, 0.3) is 5.91 Å². The third kappa shape index (κ3) is 3.40.